The molecule has 1 aliphatic carbocycles. The van der Waals surface area contributed by atoms with Crippen LogP contribution in [0.1, 0.15) is 12.0 Å². The molecule has 3 rings (SSSR count). The molecule has 1 saturated heterocycles. The Kier molecular flexibility index (Phi) is 1.65. The van der Waals surface area contributed by atoms with Crippen LogP contribution in [0.2, 0.25) is 0 Å². The Balaban J connectivity index is 1.79. The van der Waals surface area contributed by atoms with Crippen LogP contribution in [0.15, 0.2) is 24.5 Å². The minimum Gasteiger partial charge on any atom is -0.278 e. The van der Waals surface area contributed by atoms with Gasteiger partial charge in [0.1, 0.15) is 0 Å². The number of nitrogens with zero attached hydrogens (tertiary/aromatic N) is 2. The van der Waals surface area contributed by atoms with Crippen molar-refractivity contribution in [3.8, 4) is 0 Å². The minimum atomic E-state index is -0.000614. The molecule has 2 heterocycles. The van der Waals surface area contributed by atoms with Crippen molar-refractivity contribution in [3.63, 3.8) is 0 Å². The molecule has 15 heavy (non-hydrogen) atoms. The smallest absolute Gasteiger partial charge is 0.233 e. The highest BCUT2D eigenvalue weighted by molar-refractivity contribution is 6.08. The SMILES string of the molecule is O=C1[C@H]2C[C@@H]2C(=O)N1Cc1ccncc1. The summed E-state index contributed by atoms with van der Waals surface area (Å²) in [4.78, 5) is 28.6. The lowest BCUT2D eigenvalue weighted by atomic mass is 10.2. The highest BCUT2D eigenvalue weighted by Gasteiger charge is 2.58. The van der Waals surface area contributed by atoms with Gasteiger partial charge in [0.15, 0.2) is 0 Å². The molecule has 1 aromatic rings. The normalized spacial score (nSPS) is 28.1. The molecule has 1 aromatic heterocycles. The number of carbonyl (C=O) groups is 2. The second kappa shape index (κ2) is 2.89. The van der Waals surface area contributed by atoms with Crippen molar-refractivity contribution < 1.29 is 9.59 Å². The highest BCUT2D eigenvalue weighted by Crippen LogP contribution is 2.47. The number of amides is 2. The quantitative estimate of drug-likeness (QED) is 0.659. The maximum atomic E-state index is 11.7. The molecule has 76 valence electrons. The third-order valence-corrected chi connectivity index (χ3v) is 3.05. The summed E-state index contributed by atoms with van der Waals surface area (Å²) in [6, 6.07) is 3.65. The lowest BCUT2D eigenvalue weighted by molar-refractivity contribution is -0.142. The fraction of sp³-hybridized carbons (Fsp3) is 0.364. The van der Waals surface area contributed by atoms with Crippen molar-refractivity contribution in [1.29, 1.82) is 0 Å². The van der Waals surface area contributed by atoms with Gasteiger partial charge in [-0.3, -0.25) is 19.5 Å². The van der Waals surface area contributed by atoms with E-state index < -0.39 is 0 Å². The molecular weight excluding hydrogens is 192 g/mol. The van der Waals surface area contributed by atoms with Crippen LogP contribution in [-0.4, -0.2) is 21.7 Å². The van der Waals surface area contributed by atoms with E-state index in [-0.39, 0.29) is 23.7 Å². The second-order valence-electron chi connectivity index (χ2n) is 4.07. The molecule has 2 fully saturated rings. The molecule has 2 aliphatic rings. The molecule has 0 bridgehead atoms. The predicted octanol–water partition coefficient (Wildman–Crippen LogP) is 0.587. The van der Waals surface area contributed by atoms with E-state index in [4.69, 9.17) is 0 Å². The topological polar surface area (TPSA) is 50.3 Å². The van der Waals surface area contributed by atoms with E-state index in [1.54, 1.807) is 12.4 Å². The molecule has 1 aliphatic heterocycles. The van der Waals surface area contributed by atoms with E-state index in [2.05, 4.69) is 4.98 Å². The van der Waals surface area contributed by atoms with Gasteiger partial charge in [0.2, 0.25) is 11.8 Å². The van der Waals surface area contributed by atoms with Crippen molar-refractivity contribution in [3.05, 3.63) is 30.1 Å². The molecular formula is C11H10N2O2. The van der Waals surface area contributed by atoms with Gasteiger partial charge in [-0.05, 0) is 24.1 Å². The van der Waals surface area contributed by atoms with E-state index in [1.165, 1.54) is 4.90 Å². The molecule has 4 heteroatoms. The first-order chi connectivity index (χ1) is 7.27. The van der Waals surface area contributed by atoms with Crippen LogP contribution in [0.3, 0.4) is 0 Å². The Hall–Kier alpha value is -1.71. The lowest BCUT2D eigenvalue weighted by Crippen LogP contribution is -2.32. The number of aromatic nitrogens is 1. The first-order valence-electron chi connectivity index (χ1n) is 5.01. The van der Waals surface area contributed by atoms with E-state index in [1.807, 2.05) is 12.1 Å². The number of rotatable bonds is 2. The summed E-state index contributed by atoms with van der Waals surface area (Å²) in [6.07, 6.45) is 4.10. The first-order valence-corrected chi connectivity index (χ1v) is 5.01. The Bertz CT molecular complexity index is 409. The predicted molar refractivity (Wildman–Crippen MR) is 51.4 cm³/mol. The third kappa shape index (κ3) is 1.25. The van der Waals surface area contributed by atoms with Crippen molar-refractivity contribution in [2.75, 3.05) is 0 Å². The average Bonchev–Trinajstić information content (AvgIpc) is 3.01. The maximum absolute atomic E-state index is 11.7. The number of likely N-dealkylation sites (tertiary alicyclic amines) is 1. The molecule has 0 aromatic carbocycles. The van der Waals surface area contributed by atoms with Gasteiger partial charge in [-0.25, -0.2) is 0 Å². The summed E-state index contributed by atoms with van der Waals surface area (Å²) in [5.74, 6) is 0.00213. The van der Waals surface area contributed by atoms with Gasteiger partial charge in [0.05, 0.1) is 18.4 Å². The molecule has 0 N–H and O–H groups in total. The zero-order chi connectivity index (χ0) is 10.4. The van der Waals surface area contributed by atoms with Crippen LogP contribution < -0.4 is 0 Å². The number of hydrogen-bond donors (Lipinski definition) is 0. The van der Waals surface area contributed by atoms with Gasteiger partial charge in [-0.2, -0.15) is 0 Å². The first kappa shape index (κ1) is 8.59. The number of carbonyl (C=O) groups excluding carboxylic acids is 2. The summed E-state index contributed by atoms with van der Waals surface area (Å²) < 4.78 is 0. The molecule has 0 unspecified atom stereocenters. The second-order valence-corrected chi connectivity index (χ2v) is 4.07. The number of fused-ring (bicyclic) bond motifs is 1. The van der Waals surface area contributed by atoms with Crippen molar-refractivity contribution in [2.24, 2.45) is 11.8 Å². The monoisotopic (exact) mass is 202 g/mol. The number of pyridine rings is 1. The van der Waals surface area contributed by atoms with E-state index in [0.29, 0.717) is 6.54 Å². The van der Waals surface area contributed by atoms with Crippen LogP contribution >= 0.6 is 0 Å². The lowest BCUT2D eigenvalue weighted by Gasteiger charge is -2.15. The van der Waals surface area contributed by atoms with Gasteiger partial charge in [-0.15, -0.1) is 0 Å². The van der Waals surface area contributed by atoms with E-state index >= 15 is 0 Å². The molecule has 1 saturated carbocycles. The zero-order valence-corrected chi connectivity index (χ0v) is 8.09. The number of imide groups is 1. The summed E-state index contributed by atoms with van der Waals surface area (Å²) >= 11 is 0. The average molecular weight is 202 g/mol. The fourth-order valence-corrected chi connectivity index (χ4v) is 2.08. The summed E-state index contributed by atoms with van der Waals surface area (Å²) in [5, 5.41) is 0. The van der Waals surface area contributed by atoms with Crippen molar-refractivity contribution in [1.82, 2.24) is 9.88 Å². The van der Waals surface area contributed by atoms with Gasteiger partial charge in [0.25, 0.3) is 0 Å². The molecule has 0 spiro atoms. The fourth-order valence-electron chi connectivity index (χ4n) is 2.08. The molecule has 2 amide bonds. The summed E-state index contributed by atoms with van der Waals surface area (Å²) in [5.41, 5.74) is 0.952. The van der Waals surface area contributed by atoms with Crippen molar-refractivity contribution >= 4 is 11.8 Å². The highest BCUT2D eigenvalue weighted by atomic mass is 16.2. The van der Waals surface area contributed by atoms with E-state index in [0.717, 1.165) is 12.0 Å². The van der Waals surface area contributed by atoms with Crippen LogP contribution in [0.4, 0.5) is 0 Å². The van der Waals surface area contributed by atoms with Crippen molar-refractivity contribution in [2.45, 2.75) is 13.0 Å². The maximum Gasteiger partial charge on any atom is 0.233 e. The standard InChI is InChI=1S/C11H10N2O2/c14-10-8-5-9(8)11(15)13(10)6-7-1-3-12-4-2-7/h1-4,8-9H,5-6H2/t8-,9-/m0/s1. The van der Waals surface area contributed by atoms with Gasteiger partial charge < -0.3 is 0 Å². The number of piperidine rings is 1. The Morgan fingerprint density at radius 1 is 1.20 bits per heavy atom. The minimum absolute atomic E-state index is 0.000614. The largest absolute Gasteiger partial charge is 0.278 e. The van der Waals surface area contributed by atoms with Gasteiger partial charge in [0, 0.05) is 12.4 Å². The molecule has 4 nitrogen and oxygen atoms in total. The van der Waals surface area contributed by atoms with Crippen LogP contribution in [0, 0.1) is 11.8 Å². The third-order valence-electron chi connectivity index (χ3n) is 3.05. The van der Waals surface area contributed by atoms with Crippen LogP contribution in [-0.2, 0) is 16.1 Å². The van der Waals surface area contributed by atoms with Crippen LogP contribution in [0.25, 0.3) is 0 Å². The Labute approximate surface area is 86.9 Å². The zero-order valence-electron chi connectivity index (χ0n) is 8.09. The Morgan fingerprint density at radius 3 is 2.40 bits per heavy atom. The molecule has 2 atom stereocenters. The van der Waals surface area contributed by atoms with Crippen LogP contribution in [0.5, 0.6) is 0 Å². The summed E-state index contributed by atoms with van der Waals surface area (Å²) in [7, 11) is 0. The Morgan fingerprint density at radius 2 is 1.80 bits per heavy atom. The molecule has 0 radical (unpaired) electrons. The summed E-state index contributed by atoms with van der Waals surface area (Å²) in [6.45, 7) is 0.396. The number of hydrogen-bond acceptors (Lipinski definition) is 3. The van der Waals surface area contributed by atoms with Gasteiger partial charge in [-0.1, -0.05) is 0 Å². The van der Waals surface area contributed by atoms with E-state index in [9.17, 15) is 9.59 Å². The van der Waals surface area contributed by atoms with Gasteiger partial charge >= 0.3 is 0 Å².